The normalized spacial score (nSPS) is 19.2. The first-order chi connectivity index (χ1) is 11.5. The summed E-state index contributed by atoms with van der Waals surface area (Å²) in [5, 5.41) is 19.5. The van der Waals surface area contributed by atoms with Crippen LogP contribution in [0.25, 0.3) is 0 Å². The molecule has 0 aromatic heterocycles. The number of aliphatic hydroxyl groups is 1. The molecule has 0 saturated carbocycles. The molecule has 2 N–H and O–H groups in total. The number of ether oxygens (including phenoxy) is 1. The molecule has 1 heterocycles. The molecule has 1 fully saturated rings. The molecular formula is C19H30N2O3. The summed E-state index contributed by atoms with van der Waals surface area (Å²) in [6, 6.07) is 5.69. The maximum Gasteiger partial charge on any atom is 0.120 e. The third-order valence-electron chi connectivity index (χ3n) is 4.57. The van der Waals surface area contributed by atoms with Gasteiger partial charge in [0.25, 0.3) is 0 Å². The van der Waals surface area contributed by atoms with Crippen LogP contribution < -0.4 is 4.74 Å². The maximum absolute atomic E-state index is 10.1. The number of phenolic OH excluding ortho intramolecular Hbond substituents is 1. The molecule has 0 unspecified atom stereocenters. The van der Waals surface area contributed by atoms with Gasteiger partial charge in [-0.05, 0) is 38.5 Å². The van der Waals surface area contributed by atoms with E-state index in [1.54, 1.807) is 19.2 Å². The molecular weight excluding hydrogens is 304 g/mol. The van der Waals surface area contributed by atoms with Crippen LogP contribution in [0.15, 0.2) is 29.8 Å². The Morgan fingerprint density at radius 3 is 2.79 bits per heavy atom. The van der Waals surface area contributed by atoms with Gasteiger partial charge in [-0.3, -0.25) is 9.80 Å². The number of hydrogen-bond acceptors (Lipinski definition) is 5. The second-order valence-electron chi connectivity index (χ2n) is 6.67. The molecule has 2 rings (SSSR count). The summed E-state index contributed by atoms with van der Waals surface area (Å²) in [7, 11) is 1.63. The van der Waals surface area contributed by atoms with Crippen molar-refractivity contribution >= 4 is 0 Å². The summed E-state index contributed by atoms with van der Waals surface area (Å²) in [5.74, 6) is 1.07. The number of aliphatic hydroxyl groups excluding tert-OH is 1. The summed E-state index contributed by atoms with van der Waals surface area (Å²) in [6.07, 6.45) is 3.02. The van der Waals surface area contributed by atoms with Crippen molar-refractivity contribution in [2.24, 2.45) is 0 Å². The minimum atomic E-state index is 0.203. The van der Waals surface area contributed by atoms with E-state index in [9.17, 15) is 10.2 Å². The van der Waals surface area contributed by atoms with Crippen molar-refractivity contribution in [3.05, 3.63) is 35.4 Å². The number of allylic oxidation sites excluding steroid dienone is 1. The molecule has 1 atom stereocenters. The fourth-order valence-electron chi connectivity index (χ4n) is 3.12. The summed E-state index contributed by atoms with van der Waals surface area (Å²) >= 11 is 0. The fraction of sp³-hybridized carbons (Fsp3) is 0.579. The Morgan fingerprint density at radius 2 is 2.12 bits per heavy atom. The third-order valence-corrected chi connectivity index (χ3v) is 4.57. The van der Waals surface area contributed by atoms with Gasteiger partial charge in [-0.1, -0.05) is 11.6 Å². The molecule has 1 saturated heterocycles. The number of methoxy groups -OCH3 is 1. The van der Waals surface area contributed by atoms with Gasteiger partial charge in [0, 0.05) is 50.9 Å². The smallest absolute Gasteiger partial charge is 0.120 e. The lowest BCUT2D eigenvalue weighted by molar-refractivity contribution is 0.0632. The lowest BCUT2D eigenvalue weighted by atomic mass is 10.1. The van der Waals surface area contributed by atoms with Crippen LogP contribution in [0.4, 0.5) is 0 Å². The summed E-state index contributed by atoms with van der Waals surface area (Å²) in [5.41, 5.74) is 2.20. The van der Waals surface area contributed by atoms with Crippen LogP contribution in [0.3, 0.4) is 0 Å². The largest absolute Gasteiger partial charge is 0.508 e. The molecule has 0 spiro atoms. The Labute approximate surface area is 145 Å². The van der Waals surface area contributed by atoms with Crippen molar-refractivity contribution in [1.29, 1.82) is 0 Å². The van der Waals surface area contributed by atoms with Gasteiger partial charge in [-0.25, -0.2) is 0 Å². The topological polar surface area (TPSA) is 56.2 Å². The predicted molar refractivity (Wildman–Crippen MR) is 96.4 cm³/mol. The lowest BCUT2D eigenvalue weighted by Crippen LogP contribution is -2.53. The van der Waals surface area contributed by atoms with Crippen molar-refractivity contribution in [1.82, 2.24) is 9.80 Å². The molecule has 0 bridgehead atoms. The Kier molecular flexibility index (Phi) is 7.09. The summed E-state index contributed by atoms with van der Waals surface area (Å²) in [4.78, 5) is 4.78. The highest BCUT2D eigenvalue weighted by molar-refractivity contribution is 5.39. The zero-order chi connectivity index (χ0) is 17.5. The molecule has 1 aromatic rings. The molecule has 0 aliphatic carbocycles. The Morgan fingerprint density at radius 1 is 1.33 bits per heavy atom. The standard InChI is InChI=1S/C19H30N2O3/c1-15(2)6-8-21-10-9-20(14-17(21)7-11-22)13-16-12-18(24-3)4-5-19(16)23/h4-6,12,17,22-23H,7-11,13-14H2,1-3H3/t17-/m0/s1. The maximum atomic E-state index is 10.1. The molecule has 0 radical (unpaired) electrons. The van der Waals surface area contributed by atoms with E-state index < -0.39 is 0 Å². The number of piperazine rings is 1. The molecule has 24 heavy (non-hydrogen) atoms. The van der Waals surface area contributed by atoms with E-state index in [4.69, 9.17) is 4.74 Å². The first kappa shape index (κ1) is 18.8. The first-order valence-electron chi connectivity index (χ1n) is 8.60. The van der Waals surface area contributed by atoms with E-state index >= 15 is 0 Å². The number of rotatable bonds is 7. The second-order valence-corrected chi connectivity index (χ2v) is 6.67. The Hall–Kier alpha value is -1.56. The van der Waals surface area contributed by atoms with E-state index in [-0.39, 0.29) is 6.61 Å². The highest BCUT2D eigenvalue weighted by atomic mass is 16.5. The van der Waals surface area contributed by atoms with Gasteiger partial charge < -0.3 is 14.9 Å². The molecule has 5 nitrogen and oxygen atoms in total. The molecule has 5 heteroatoms. The van der Waals surface area contributed by atoms with Crippen molar-refractivity contribution in [2.75, 3.05) is 39.9 Å². The van der Waals surface area contributed by atoms with E-state index in [0.29, 0.717) is 18.3 Å². The fourth-order valence-corrected chi connectivity index (χ4v) is 3.12. The average molecular weight is 334 g/mol. The monoisotopic (exact) mass is 334 g/mol. The minimum absolute atomic E-state index is 0.203. The highest BCUT2D eigenvalue weighted by Crippen LogP contribution is 2.25. The molecule has 134 valence electrons. The van der Waals surface area contributed by atoms with Gasteiger partial charge in [0.05, 0.1) is 7.11 Å². The van der Waals surface area contributed by atoms with Crippen molar-refractivity contribution in [2.45, 2.75) is 32.9 Å². The number of aromatic hydroxyl groups is 1. The van der Waals surface area contributed by atoms with Gasteiger partial charge in [0.2, 0.25) is 0 Å². The first-order valence-corrected chi connectivity index (χ1v) is 8.60. The summed E-state index contributed by atoms with van der Waals surface area (Å²) in [6.45, 7) is 8.88. The van der Waals surface area contributed by atoms with E-state index in [1.807, 2.05) is 6.07 Å². The Bertz CT molecular complexity index is 556. The van der Waals surface area contributed by atoms with Crippen LogP contribution in [0.2, 0.25) is 0 Å². The van der Waals surface area contributed by atoms with Crippen LogP contribution in [0.5, 0.6) is 11.5 Å². The van der Waals surface area contributed by atoms with Crippen LogP contribution in [0, 0.1) is 0 Å². The molecule has 1 aromatic carbocycles. The highest BCUT2D eigenvalue weighted by Gasteiger charge is 2.26. The zero-order valence-corrected chi connectivity index (χ0v) is 15.0. The van der Waals surface area contributed by atoms with Gasteiger partial charge in [0.15, 0.2) is 0 Å². The van der Waals surface area contributed by atoms with Gasteiger partial charge in [-0.2, -0.15) is 0 Å². The molecule has 1 aliphatic rings. The third kappa shape index (κ3) is 5.23. The number of nitrogens with zero attached hydrogens (tertiary/aromatic N) is 2. The Balaban J connectivity index is 2.02. The van der Waals surface area contributed by atoms with Gasteiger partial charge >= 0.3 is 0 Å². The zero-order valence-electron chi connectivity index (χ0n) is 15.0. The summed E-state index contributed by atoms with van der Waals surface area (Å²) < 4.78 is 5.25. The van der Waals surface area contributed by atoms with E-state index in [0.717, 1.165) is 43.9 Å². The predicted octanol–water partition coefficient (Wildman–Crippen LogP) is 2.24. The van der Waals surface area contributed by atoms with Crippen LogP contribution in [-0.4, -0.2) is 66.0 Å². The van der Waals surface area contributed by atoms with E-state index in [1.165, 1.54) is 5.57 Å². The van der Waals surface area contributed by atoms with Crippen molar-refractivity contribution < 1.29 is 14.9 Å². The quantitative estimate of drug-likeness (QED) is 0.749. The van der Waals surface area contributed by atoms with Crippen LogP contribution in [0.1, 0.15) is 25.8 Å². The lowest BCUT2D eigenvalue weighted by Gasteiger charge is -2.41. The SMILES string of the molecule is COc1ccc(O)c(CN2CCN(CC=C(C)C)[C@@H](CCO)C2)c1. The van der Waals surface area contributed by atoms with E-state index in [2.05, 4.69) is 29.7 Å². The number of phenols is 1. The number of benzene rings is 1. The molecule has 1 aliphatic heterocycles. The van der Waals surface area contributed by atoms with Crippen LogP contribution >= 0.6 is 0 Å². The second kappa shape index (κ2) is 9.06. The average Bonchev–Trinajstić information content (AvgIpc) is 2.56. The van der Waals surface area contributed by atoms with Crippen molar-refractivity contribution in [3.63, 3.8) is 0 Å². The minimum Gasteiger partial charge on any atom is -0.508 e. The van der Waals surface area contributed by atoms with Gasteiger partial charge in [0.1, 0.15) is 11.5 Å². The van der Waals surface area contributed by atoms with Gasteiger partial charge in [-0.15, -0.1) is 0 Å². The van der Waals surface area contributed by atoms with Crippen molar-refractivity contribution in [3.8, 4) is 11.5 Å². The number of hydrogen-bond donors (Lipinski definition) is 2. The molecule has 0 amide bonds. The van der Waals surface area contributed by atoms with Crippen LogP contribution in [-0.2, 0) is 6.54 Å².